The van der Waals surface area contributed by atoms with Crippen molar-refractivity contribution in [1.29, 1.82) is 0 Å². The van der Waals surface area contributed by atoms with Crippen molar-refractivity contribution in [2.24, 2.45) is 10.9 Å². The quantitative estimate of drug-likeness (QED) is 0.614. The van der Waals surface area contributed by atoms with Crippen molar-refractivity contribution in [3.63, 3.8) is 0 Å². The van der Waals surface area contributed by atoms with E-state index in [9.17, 15) is 0 Å². The molecule has 0 radical (unpaired) electrons. The predicted molar refractivity (Wildman–Crippen MR) is 74.0 cm³/mol. The van der Waals surface area contributed by atoms with Crippen LogP contribution in [-0.2, 0) is 13.0 Å². The molecule has 1 atom stereocenters. The van der Waals surface area contributed by atoms with E-state index in [-0.39, 0.29) is 0 Å². The number of guanidine groups is 1. The SMILES string of the molecule is CN=C(NCCC1CC1)NC1CCc2ncnn2C1. The molecule has 1 fully saturated rings. The van der Waals surface area contributed by atoms with Crippen LogP contribution in [-0.4, -0.2) is 40.4 Å². The van der Waals surface area contributed by atoms with E-state index in [1.807, 2.05) is 11.7 Å². The lowest BCUT2D eigenvalue weighted by molar-refractivity contribution is 0.392. The van der Waals surface area contributed by atoms with Crippen LogP contribution in [0, 0.1) is 5.92 Å². The standard InChI is InChI=1S/C13H22N6/c1-14-13(15-7-6-10-2-3-10)18-11-4-5-12-16-9-17-19(12)8-11/h9-11H,2-8H2,1H3,(H2,14,15,18). The summed E-state index contributed by atoms with van der Waals surface area (Å²) in [6.07, 6.45) is 7.79. The molecule has 1 saturated carbocycles. The maximum atomic E-state index is 4.29. The summed E-state index contributed by atoms with van der Waals surface area (Å²) in [7, 11) is 1.83. The normalized spacial score (nSPS) is 23.0. The van der Waals surface area contributed by atoms with Crippen LogP contribution in [0.1, 0.15) is 31.5 Å². The second kappa shape index (κ2) is 5.59. The first-order valence-corrected chi connectivity index (χ1v) is 7.19. The van der Waals surface area contributed by atoms with Gasteiger partial charge >= 0.3 is 0 Å². The van der Waals surface area contributed by atoms with E-state index >= 15 is 0 Å². The molecule has 2 heterocycles. The summed E-state index contributed by atoms with van der Waals surface area (Å²) in [5.74, 6) is 2.96. The van der Waals surface area contributed by atoms with Crippen LogP contribution in [0.2, 0.25) is 0 Å². The number of fused-ring (bicyclic) bond motifs is 1. The van der Waals surface area contributed by atoms with Gasteiger partial charge in [-0.25, -0.2) is 9.67 Å². The number of hydrogen-bond donors (Lipinski definition) is 2. The van der Waals surface area contributed by atoms with E-state index in [1.165, 1.54) is 19.3 Å². The Morgan fingerprint density at radius 2 is 2.37 bits per heavy atom. The van der Waals surface area contributed by atoms with Crippen LogP contribution in [0.15, 0.2) is 11.3 Å². The second-order valence-electron chi connectivity index (χ2n) is 5.47. The highest BCUT2D eigenvalue weighted by atomic mass is 15.4. The Morgan fingerprint density at radius 3 is 3.16 bits per heavy atom. The first kappa shape index (κ1) is 12.4. The maximum absolute atomic E-state index is 4.29. The highest BCUT2D eigenvalue weighted by Crippen LogP contribution is 2.31. The predicted octanol–water partition coefficient (Wildman–Crippen LogP) is 0.558. The Morgan fingerprint density at radius 1 is 1.47 bits per heavy atom. The van der Waals surface area contributed by atoms with Crippen LogP contribution in [0.4, 0.5) is 0 Å². The number of nitrogens with one attached hydrogen (secondary N) is 2. The molecule has 2 aliphatic rings. The molecule has 1 aromatic heterocycles. The topological polar surface area (TPSA) is 67.1 Å². The average molecular weight is 262 g/mol. The fourth-order valence-electron chi connectivity index (χ4n) is 2.54. The highest BCUT2D eigenvalue weighted by Gasteiger charge is 2.22. The molecule has 1 unspecified atom stereocenters. The summed E-state index contributed by atoms with van der Waals surface area (Å²) in [4.78, 5) is 8.54. The zero-order chi connectivity index (χ0) is 13.1. The summed E-state index contributed by atoms with van der Waals surface area (Å²) < 4.78 is 1.98. The zero-order valence-electron chi connectivity index (χ0n) is 11.5. The summed E-state index contributed by atoms with van der Waals surface area (Å²) in [6, 6.07) is 0.390. The van der Waals surface area contributed by atoms with Crippen LogP contribution in [0.3, 0.4) is 0 Å². The molecule has 6 nitrogen and oxygen atoms in total. The molecule has 0 bridgehead atoms. The van der Waals surface area contributed by atoms with Gasteiger partial charge in [0.25, 0.3) is 0 Å². The van der Waals surface area contributed by atoms with Crippen LogP contribution >= 0.6 is 0 Å². The van der Waals surface area contributed by atoms with Gasteiger partial charge in [-0.05, 0) is 18.8 Å². The average Bonchev–Trinajstić information content (AvgIpc) is 3.13. The van der Waals surface area contributed by atoms with Crippen molar-refractivity contribution in [1.82, 2.24) is 25.4 Å². The fourth-order valence-corrected chi connectivity index (χ4v) is 2.54. The minimum atomic E-state index is 0.390. The Labute approximate surface area is 113 Å². The summed E-state index contributed by atoms with van der Waals surface area (Å²) in [6.45, 7) is 1.89. The summed E-state index contributed by atoms with van der Waals surface area (Å²) in [5, 5.41) is 11.1. The minimum absolute atomic E-state index is 0.390. The largest absolute Gasteiger partial charge is 0.356 e. The van der Waals surface area contributed by atoms with Crippen LogP contribution in [0.25, 0.3) is 0 Å². The van der Waals surface area contributed by atoms with Crippen molar-refractivity contribution in [2.45, 2.75) is 44.7 Å². The first-order chi connectivity index (χ1) is 9.35. The van der Waals surface area contributed by atoms with Crippen LogP contribution < -0.4 is 10.6 Å². The third-order valence-electron chi connectivity index (χ3n) is 3.91. The summed E-state index contributed by atoms with van der Waals surface area (Å²) in [5.41, 5.74) is 0. The van der Waals surface area contributed by atoms with Gasteiger partial charge in [0.15, 0.2) is 5.96 Å². The molecule has 104 valence electrons. The Kier molecular flexibility index (Phi) is 3.66. The first-order valence-electron chi connectivity index (χ1n) is 7.19. The molecule has 2 N–H and O–H groups in total. The lowest BCUT2D eigenvalue weighted by Gasteiger charge is -2.25. The van der Waals surface area contributed by atoms with Crippen molar-refractivity contribution in [2.75, 3.05) is 13.6 Å². The molecule has 1 aliphatic carbocycles. The molecule has 1 aromatic rings. The van der Waals surface area contributed by atoms with E-state index in [1.54, 1.807) is 6.33 Å². The lowest BCUT2D eigenvalue weighted by atomic mass is 10.1. The highest BCUT2D eigenvalue weighted by molar-refractivity contribution is 5.79. The van der Waals surface area contributed by atoms with Gasteiger partial charge in [-0.15, -0.1) is 0 Å². The van der Waals surface area contributed by atoms with Gasteiger partial charge in [-0.1, -0.05) is 12.8 Å². The van der Waals surface area contributed by atoms with Gasteiger partial charge in [0.05, 0.1) is 6.54 Å². The molecule has 0 saturated heterocycles. The summed E-state index contributed by atoms with van der Waals surface area (Å²) >= 11 is 0. The fraction of sp³-hybridized carbons (Fsp3) is 0.769. The molecule has 0 spiro atoms. The van der Waals surface area contributed by atoms with Gasteiger partial charge in [0.2, 0.25) is 0 Å². The van der Waals surface area contributed by atoms with Gasteiger partial charge in [-0.2, -0.15) is 5.10 Å². The Hall–Kier alpha value is -1.59. The third-order valence-corrected chi connectivity index (χ3v) is 3.91. The van der Waals surface area contributed by atoms with E-state index in [2.05, 4.69) is 25.7 Å². The smallest absolute Gasteiger partial charge is 0.191 e. The van der Waals surface area contributed by atoms with E-state index < -0.39 is 0 Å². The second-order valence-corrected chi connectivity index (χ2v) is 5.47. The minimum Gasteiger partial charge on any atom is -0.356 e. The number of aliphatic imine (C=N–C) groups is 1. The molecule has 19 heavy (non-hydrogen) atoms. The molecular formula is C13H22N6. The molecule has 0 aromatic carbocycles. The lowest BCUT2D eigenvalue weighted by Crippen LogP contribution is -2.47. The molecule has 6 heteroatoms. The maximum Gasteiger partial charge on any atom is 0.191 e. The molecular weight excluding hydrogens is 240 g/mol. The van der Waals surface area contributed by atoms with Crippen LogP contribution in [0.5, 0.6) is 0 Å². The number of hydrogen-bond acceptors (Lipinski definition) is 3. The third kappa shape index (κ3) is 3.24. The van der Waals surface area contributed by atoms with Crippen molar-refractivity contribution in [3.8, 4) is 0 Å². The van der Waals surface area contributed by atoms with Crippen molar-refractivity contribution >= 4 is 5.96 Å². The van der Waals surface area contributed by atoms with E-state index in [0.717, 1.165) is 43.6 Å². The zero-order valence-corrected chi connectivity index (χ0v) is 11.5. The van der Waals surface area contributed by atoms with Crippen molar-refractivity contribution < 1.29 is 0 Å². The number of nitrogens with zero attached hydrogens (tertiary/aromatic N) is 4. The van der Waals surface area contributed by atoms with Gasteiger partial charge in [-0.3, -0.25) is 4.99 Å². The Bertz CT molecular complexity index is 448. The molecule has 1 aliphatic heterocycles. The van der Waals surface area contributed by atoms with Gasteiger partial charge < -0.3 is 10.6 Å². The molecule has 0 amide bonds. The molecule has 3 rings (SSSR count). The number of rotatable bonds is 4. The van der Waals surface area contributed by atoms with E-state index in [4.69, 9.17) is 0 Å². The van der Waals surface area contributed by atoms with Crippen molar-refractivity contribution in [3.05, 3.63) is 12.2 Å². The monoisotopic (exact) mass is 262 g/mol. The van der Waals surface area contributed by atoms with Gasteiger partial charge in [0, 0.05) is 26.1 Å². The number of aryl methyl sites for hydroxylation is 1. The van der Waals surface area contributed by atoms with Gasteiger partial charge in [0.1, 0.15) is 12.2 Å². The Balaban J connectivity index is 1.46. The van der Waals surface area contributed by atoms with E-state index in [0.29, 0.717) is 6.04 Å². The number of aromatic nitrogens is 3.